The summed E-state index contributed by atoms with van der Waals surface area (Å²) in [6.45, 7) is 0. The van der Waals surface area contributed by atoms with Gasteiger partial charge in [0.25, 0.3) is 0 Å². The first-order valence-corrected chi connectivity index (χ1v) is 1.85. The van der Waals surface area contributed by atoms with Crippen LogP contribution in [0.25, 0.3) is 0 Å². The number of hydrogen-bond acceptors (Lipinski definition) is 1. The van der Waals surface area contributed by atoms with E-state index in [1.807, 2.05) is 18.2 Å². The van der Waals surface area contributed by atoms with Gasteiger partial charge in [-0.3, -0.25) is 4.98 Å². The van der Waals surface area contributed by atoms with Gasteiger partial charge < -0.3 is 0 Å². The van der Waals surface area contributed by atoms with E-state index in [4.69, 9.17) is 0 Å². The van der Waals surface area contributed by atoms with Crippen LogP contribution in [-0.2, 0) is 0 Å². The van der Waals surface area contributed by atoms with E-state index < -0.39 is 0 Å². The fourth-order valence-electron chi connectivity index (χ4n) is 0.313. The molecule has 0 radical (unpaired) electrons. The summed E-state index contributed by atoms with van der Waals surface area (Å²) in [6.07, 6.45) is 3.50. The zero-order valence-corrected chi connectivity index (χ0v) is 3.33. The Labute approximate surface area is 36.7 Å². The second-order valence-corrected chi connectivity index (χ2v) is 1.02. The zero-order chi connectivity index (χ0) is 4.24. The van der Waals surface area contributed by atoms with Gasteiger partial charge in [-0.1, -0.05) is 6.07 Å². The van der Waals surface area contributed by atoms with E-state index in [1.54, 1.807) is 12.4 Å². The number of pyridine rings is 1. The minimum absolute atomic E-state index is 1.75. The molecule has 6 heavy (non-hydrogen) atoms. The summed E-state index contributed by atoms with van der Waals surface area (Å²) in [7, 11) is 0. The van der Waals surface area contributed by atoms with Crippen molar-refractivity contribution in [1.82, 2.24) is 4.98 Å². The molecular weight excluding hydrogens is 76.0 g/mol. The van der Waals surface area contributed by atoms with Crippen molar-refractivity contribution in [2.75, 3.05) is 0 Å². The van der Waals surface area contributed by atoms with Crippen LogP contribution in [0.4, 0.5) is 0 Å². The summed E-state index contributed by atoms with van der Waals surface area (Å²) >= 11 is 0. The number of hydrogen-bond donors (Lipinski definition) is 0. The van der Waals surface area contributed by atoms with Gasteiger partial charge >= 0.3 is 0 Å². The van der Waals surface area contributed by atoms with Crippen LogP contribution in [0.5, 0.6) is 0 Å². The minimum Gasteiger partial charge on any atom is -0.265 e. The van der Waals surface area contributed by atoms with Gasteiger partial charge in [0.1, 0.15) is 0 Å². The smallest absolute Gasteiger partial charge is 0.0267 e. The van der Waals surface area contributed by atoms with Gasteiger partial charge in [0.05, 0.1) is 0 Å². The molecule has 0 aliphatic carbocycles. The number of rotatable bonds is 0. The van der Waals surface area contributed by atoms with Crippen LogP contribution < -0.4 is 0 Å². The van der Waals surface area contributed by atoms with Crippen molar-refractivity contribution in [1.29, 1.82) is 0 Å². The van der Waals surface area contributed by atoms with Crippen molar-refractivity contribution in [2.24, 2.45) is 0 Å². The largest absolute Gasteiger partial charge is 0.265 e. The average molecular weight is 81.1 g/mol. The van der Waals surface area contributed by atoms with E-state index in [0.29, 0.717) is 0 Å². The molecule has 0 unspecified atom stereocenters. The molecule has 0 fully saturated rings. The van der Waals surface area contributed by atoms with Crippen molar-refractivity contribution >= 4 is 0 Å². The quantitative estimate of drug-likeness (QED) is 0.455. The predicted molar refractivity (Wildman–Crippen MR) is 24.2 cm³/mol. The highest BCUT2D eigenvalue weighted by atomic mass is 14.8. The van der Waals surface area contributed by atoms with Crippen LogP contribution in [0.2, 0.25) is 0 Å². The summed E-state index contributed by atoms with van der Waals surface area (Å²) in [4.78, 5) is 3.78. The Morgan fingerprint density at radius 3 is 1.67 bits per heavy atom. The van der Waals surface area contributed by atoms with E-state index in [2.05, 4.69) is 4.98 Å². The summed E-state index contributed by atoms with van der Waals surface area (Å²) < 4.78 is 0. The lowest BCUT2D eigenvalue weighted by molar-refractivity contribution is 1.33. The SMILES string of the molecule is c1c[13cH][13cH]nc1. The van der Waals surface area contributed by atoms with Crippen molar-refractivity contribution in [3.05, 3.63) is 30.6 Å². The van der Waals surface area contributed by atoms with E-state index in [1.165, 1.54) is 0 Å². The van der Waals surface area contributed by atoms with Crippen molar-refractivity contribution in [3.63, 3.8) is 0 Å². The van der Waals surface area contributed by atoms with Crippen LogP contribution in [0.15, 0.2) is 30.6 Å². The van der Waals surface area contributed by atoms with Gasteiger partial charge in [-0.2, -0.15) is 0 Å². The Hall–Kier alpha value is -0.850. The van der Waals surface area contributed by atoms with Crippen LogP contribution in [-0.4, -0.2) is 4.98 Å². The van der Waals surface area contributed by atoms with E-state index in [-0.39, 0.29) is 0 Å². The monoisotopic (exact) mass is 81.0 g/mol. The Kier molecular flexibility index (Phi) is 0.865. The van der Waals surface area contributed by atoms with Gasteiger partial charge in [0.15, 0.2) is 0 Å². The highest BCUT2D eigenvalue weighted by Crippen LogP contribution is 1.73. The Balaban J connectivity index is 3.00. The van der Waals surface area contributed by atoms with Crippen LogP contribution in [0.1, 0.15) is 0 Å². The maximum absolute atomic E-state index is 3.78. The van der Waals surface area contributed by atoms with Gasteiger partial charge in [-0.05, 0) is 12.1 Å². The maximum Gasteiger partial charge on any atom is 0.0267 e. The molecule has 1 rings (SSSR count). The van der Waals surface area contributed by atoms with Gasteiger partial charge in [-0.15, -0.1) is 0 Å². The number of nitrogens with zero attached hydrogens (tertiary/aromatic N) is 1. The third kappa shape index (κ3) is 0.549. The molecule has 0 saturated heterocycles. The summed E-state index contributed by atoms with van der Waals surface area (Å²) in [5.41, 5.74) is 0. The van der Waals surface area contributed by atoms with Crippen LogP contribution >= 0.6 is 0 Å². The minimum atomic E-state index is 1.75. The summed E-state index contributed by atoms with van der Waals surface area (Å²) in [5.74, 6) is 0. The Morgan fingerprint density at radius 2 is 1.50 bits per heavy atom. The fourth-order valence-corrected chi connectivity index (χ4v) is 0.313. The molecule has 0 bridgehead atoms. The molecule has 0 amide bonds. The first-order chi connectivity index (χ1) is 3.00. The molecule has 0 saturated carbocycles. The lowest BCUT2D eigenvalue weighted by Gasteiger charge is -1.70. The predicted octanol–water partition coefficient (Wildman–Crippen LogP) is 1.08. The molecule has 0 aliphatic rings. The molecule has 1 nitrogen and oxygen atoms in total. The molecule has 0 aromatic carbocycles. The van der Waals surface area contributed by atoms with Gasteiger partial charge in [-0.25, -0.2) is 0 Å². The highest BCUT2D eigenvalue weighted by Gasteiger charge is 1.58. The third-order valence-corrected chi connectivity index (χ3v) is 0.566. The molecule has 1 aromatic heterocycles. The topological polar surface area (TPSA) is 12.9 Å². The number of aromatic nitrogens is 1. The first-order valence-electron chi connectivity index (χ1n) is 1.85. The molecule has 1 aromatic rings. The molecule has 0 aliphatic heterocycles. The summed E-state index contributed by atoms with van der Waals surface area (Å²) in [6, 6.07) is 5.72. The molecule has 0 atom stereocenters. The standard InChI is InChI=1S/C5H5N/c1-2-4-6-5-3-1/h1-5H/i2+1,4+1. The third-order valence-electron chi connectivity index (χ3n) is 0.566. The van der Waals surface area contributed by atoms with E-state index >= 15 is 0 Å². The maximum atomic E-state index is 3.78. The lowest BCUT2D eigenvalue weighted by atomic mass is 10.7. The van der Waals surface area contributed by atoms with Crippen molar-refractivity contribution in [2.45, 2.75) is 0 Å². The van der Waals surface area contributed by atoms with Crippen molar-refractivity contribution < 1.29 is 0 Å². The molecule has 0 spiro atoms. The van der Waals surface area contributed by atoms with E-state index in [9.17, 15) is 0 Å². The lowest BCUT2D eigenvalue weighted by Crippen LogP contribution is -1.58. The normalized spacial score (nSPS) is 8.00. The fraction of sp³-hybridized carbons (Fsp3) is 0. The van der Waals surface area contributed by atoms with Gasteiger partial charge in [0, 0.05) is 12.4 Å². The second kappa shape index (κ2) is 1.55. The highest BCUT2D eigenvalue weighted by molar-refractivity contribution is 4.88. The van der Waals surface area contributed by atoms with Crippen LogP contribution in [0.3, 0.4) is 0 Å². The molecule has 1 heteroatoms. The Morgan fingerprint density at radius 1 is 0.833 bits per heavy atom. The Bertz CT molecular complexity index is 75.9. The average Bonchev–Trinajstić information content (AvgIpc) is 1.72. The zero-order valence-electron chi connectivity index (χ0n) is 3.33. The molecule has 30 valence electrons. The molecule has 0 N–H and O–H groups in total. The molecule has 1 heterocycles. The van der Waals surface area contributed by atoms with Crippen molar-refractivity contribution in [3.8, 4) is 0 Å². The first kappa shape index (κ1) is 3.34. The van der Waals surface area contributed by atoms with Gasteiger partial charge in [0.2, 0.25) is 0 Å². The second-order valence-electron chi connectivity index (χ2n) is 1.02. The molecular formula is C5H5N. The van der Waals surface area contributed by atoms with Crippen LogP contribution in [0, 0.1) is 0 Å². The summed E-state index contributed by atoms with van der Waals surface area (Å²) in [5, 5.41) is 0. The van der Waals surface area contributed by atoms with E-state index in [0.717, 1.165) is 0 Å².